The highest BCUT2D eigenvalue weighted by Crippen LogP contribution is 2.50. The van der Waals surface area contributed by atoms with Gasteiger partial charge in [0.25, 0.3) is 0 Å². The quantitative estimate of drug-likeness (QED) is 0.440. The van der Waals surface area contributed by atoms with Crippen LogP contribution in [0.3, 0.4) is 0 Å². The number of hydrogen-bond donors (Lipinski definition) is 0. The monoisotopic (exact) mass is 506 g/mol. The van der Waals surface area contributed by atoms with Gasteiger partial charge in [0, 0.05) is 18.5 Å². The van der Waals surface area contributed by atoms with Crippen LogP contribution in [-0.4, -0.2) is 54.3 Å². The molecule has 0 aromatic carbocycles. The summed E-state index contributed by atoms with van der Waals surface area (Å²) in [5, 5.41) is 4.39. The van der Waals surface area contributed by atoms with Crippen LogP contribution in [-0.2, 0) is 21.5 Å². The van der Waals surface area contributed by atoms with Gasteiger partial charge in [0.2, 0.25) is 5.89 Å². The minimum Gasteiger partial charge on any atom is -0.591 e. The third-order valence-electron chi connectivity index (χ3n) is 7.33. The molecule has 1 amide bonds. The van der Waals surface area contributed by atoms with Crippen molar-refractivity contribution in [2.24, 2.45) is 10.3 Å². The number of aromatic nitrogens is 2. The fraction of sp³-hybridized carbons (Fsp3) is 0.846. The zero-order chi connectivity index (χ0) is 25.6. The van der Waals surface area contributed by atoms with Gasteiger partial charge in [-0.25, -0.2) is 4.79 Å². The van der Waals surface area contributed by atoms with Gasteiger partial charge in [0.1, 0.15) is 21.7 Å². The highest BCUT2D eigenvalue weighted by molar-refractivity contribution is 7.91. The first-order chi connectivity index (χ1) is 16.3. The molecule has 0 aliphatic heterocycles. The molecule has 3 saturated carbocycles. The van der Waals surface area contributed by atoms with Gasteiger partial charge in [-0.2, -0.15) is 4.98 Å². The van der Waals surface area contributed by atoms with Crippen molar-refractivity contribution in [1.82, 2.24) is 15.0 Å². The van der Waals surface area contributed by atoms with Crippen molar-refractivity contribution in [3.8, 4) is 0 Å². The van der Waals surface area contributed by atoms with Crippen LogP contribution in [0.4, 0.5) is 4.79 Å². The standard InChI is InChI=1S/C26H42N4O4S/c1-8-17-15-20(17)30(23(31)33-24(2,3)4)16-26(13-14-26)22-27-21(34-28-22)18-9-11-19(12-10-18)29-35(32)25(5,6)7/h17-18,20H,8-16H2,1-7H3/t17-,18?,20-,35?/m1/s1. The van der Waals surface area contributed by atoms with E-state index in [1.54, 1.807) is 0 Å². The molecule has 0 radical (unpaired) electrons. The van der Waals surface area contributed by atoms with Gasteiger partial charge in [0.15, 0.2) is 5.82 Å². The second-order valence-electron chi connectivity index (χ2n) is 12.6. The molecule has 3 aliphatic rings. The number of carbonyl (C=O) groups is 1. The third kappa shape index (κ3) is 6.40. The molecule has 9 heteroatoms. The van der Waals surface area contributed by atoms with Crippen LogP contribution in [0.15, 0.2) is 8.92 Å². The lowest BCUT2D eigenvalue weighted by atomic mass is 9.88. The van der Waals surface area contributed by atoms with E-state index in [1.165, 1.54) is 0 Å². The predicted octanol–water partition coefficient (Wildman–Crippen LogP) is 5.70. The van der Waals surface area contributed by atoms with Gasteiger partial charge in [-0.15, -0.1) is 0 Å². The Kier molecular flexibility index (Phi) is 7.32. The summed E-state index contributed by atoms with van der Waals surface area (Å²) >= 11 is -1.21. The molecule has 1 heterocycles. The molecule has 1 aromatic rings. The lowest BCUT2D eigenvalue weighted by molar-refractivity contribution is 0.0201. The van der Waals surface area contributed by atoms with Gasteiger partial charge in [-0.05, 0) is 92.4 Å². The number of carbonyl (C=O) groups excluding carboxylic acids is 1. The Bertz CT molecular complexity index is 934. The van der Waals surface area contributed by atoms with E-state index in [4.69, 9.17) is 14.2 Å². The van der Waals surface area contributed by atoms with Crippen LogP contribution in [0.25, 0.3) is 0 Å². The average Bonchev–Trinajstić information content (AvgIpc) is 3.67. The predicted molar refractivity (Wildman–Crippen MR) is 137 cm³/mol. The van der Waals surface area contributed by atoms with Gasteiger partial charge < -0.3 is 18.7 Å². The van der Waals surface area contributed by atoms with Crippen molar-refractivity contribution >= 4 is 23.2 Å². The van der Waals surface area contributed by atoms with Crippen molar-refractivity contribution in [1.29, 1.82) is 0 Å². The molecule has 4 rings (SSSR count). The van der Waals surface area contributed by atoms with Crippen molar-refractivity contribution in [2.45, 2.75) is 128 Å². The first kappa shape index (κ1) is 26.5. The molecule has 196 valence electrons. The molecule has 0 N–H and O–H groups in total. The molecule has 0 saturated heterocycles. The van der Waals surface area contributed by atoms with Crippen LogP contribution >= 0.6 is 0 Å². The Balaban J connectivity index is 1.41. The van der Waals surface area contributed by atoms with Gasteiger partial charge in [-0.3, -0.25) is 0 Å². The van der Waals surface area contributed by atoms with E-state index in [0.717, 1.165) is 62.9 Å². The largest absolute Gasteiger partial charge is 0.591 e. The Morgan fingerprint density at radius 3 is 2.40 bits per heavy atom. The minimum absolute atomic E-state index is 0.198. The van der Waals surface area contributed by atoms with E-state index < -0.39 is 17.0 Å². The average molecular weight is 507 g/mol. The molecule has 0 bridgehead atoms. The second kappa shape index (κ2) is 9.69. The maximum absolute atomic E-state index is 13.1. The van der Waals surface area contributed by atoms with E-state index in [2.05, 4.69) is 16.5 Å². The Labute approximate surface area is 213 Å². The number of hydrogen-bond acceptors (Lipinski definition) is 7. The molecule has 35 heavy (non-hydrogen) atoms. The molecule has 1 unspecified atom stereocenters. The fourth-order valence-electron chi connectivity index (χ4n) is 4.78. The first-order valence-electron chi connectivity index (χ1n) is 13.1. The summed E-state index contributed by atoms with van der Waals surface area (Å²) in [6.45, 7) is 14.3. The highest BCUT2D eigenvalue weighted by atomic mass is 32.2. The summed E-state index contributed by atoms with van der Waals surface area (Å²) in [5.74, 6) is 2.15. The van der Waals surface area contributed by atoms with E-state index in [0.29, 0.717) is 18.4 Å². The van der Waals surface area contributed by atoms with Crippen molar-refractivity contribution in [3.05, 3.63) is 11.7 Å². The molecule has 3 fully saturated rings. The van der Waals surface area contributed by atoms with Crippen LogP contribution in [0, 0.1) is 5.92 Å². The highest BCUT2D eigenvalue weighted by Gasteiger charge is 2.54. The lowest BCUT2D eigenvalue weighted by Crippen LogP contribution is -2.43. The smallest absolute Gasteiger partial charge is 0.410 e. The van der Waals surface area contributed by atoms with Crippen molar-refractivity contribution in [2.75, 3.05) is 6.54 Å². The molecular formula is C26H42N4O4S. The van der Waals surface area contributed by atoms with E-state index in [1.807, 2.05) is 46.4 Å². The molecular weight excluding hydrogens is 464 g/mol. The van der Waals surface area contributed by atoms with Gasteiger partial charge in [0.05, 0.1) is 11.1 Å². The lowest BCUT2D eigenvalue weighted by Gasteiger charge is -2.30. The minimum atomic E-state index is -1.21. The summed E-state index contributed by atoms with van der Waals surface area (Å²) in [7, 11) is 0. The number of nitrogens with zero attached hydrogens (tertiary/aromatic N) is 4. The summed E-state index contributed by atoms with van der Waals surface area (Å²) < 4.78 is 28.0. The molecule has 1 aromatic heterocycles. The molecule has 3 atom stereocenters. The Hall–Kier alpha value is -1.61. The number of ether oxygens (including phenoxy) is 1. The van der Waals surface area contributed by atoms with Crippen molar-refractivity contribution in [3.63, 3.8) is 0 Å². The van der Waals surface area contributed by atoms with Crippen molar-refractivity contribution < 1.29 is 18.6 Å². The summed E-state index contributed by atoms with van der Waals surface area (Å²) in [6.07, 6.45) is 7.14. The molecule has 3 aliphatic carbocycles. The Morgan fingerprint density at radius 1 is 1.23 bits per heavy atom. The maximum Gasteiger partial charge on any atom is 0.410 e. The zero-order valence-electron chi connectivity index (χ0n) is 22.4. The van der Waals surface area contributed by atoms with Gasteiger partial charge >= 0.3 is 6.09 Å². The van der Waals surface area contributed by atoms with Crippen LogP contribution in [0.1, 0.15) is 117 Å². The fourth-order valence-corrected chi connectivity index (χ4v) is 5.47. The molecule has 8 nitrogen and oxygen atoms in total. The second-order valence-corrected chi connectivity index (χ2v) is 14.5. The third-order valence-corrected chi connectivity index (χ3v) is 8.80. The number of rotatable bonds is 7. The van der Waals surface area contributed by atoms with E-state index in [-0.39, 0.29) is 28.2 Å². The van der Waals surface area contributed by atoms with E-state index in [9.17, 15) is 9.35 Å². The summed E-state index contributed by atoms with van der Waals surface area (Å²) in [6, 6.07) is 0.244. The first-order valence-corrected chi connectivity index (χ1v) is 14.2. The maximum atomic E-state index is 13.1. The SMILES string of the molecule is CC[C@@H]1C[C@H]1N(CC1(c2noc(C3CCC(=N[S+]([O-])C(C)(C)C)CC3)n2)CC1)C(=O)OC(C)(C)C. The van der Waals surface area contributed by atoms with Crippen LogP contribution < -0.4 is 0 Å². The van der Waals surface area contributed by atoms with Crippen LogP contribution in [0.2, 0.25) is 0 Å². The van der Waals surface area contributed by atoms with E-state index >= 15 is 0 Å². The zero-order valence-corrected chi connectivity index (χ0v) is 23.2. The van der Waals surface area contributed by atoms with Crippen LogP contribution in [0.5, 0.6) is 0 Å². The summed E-state index contributed by atoms with van der Waals surface area (Å²) in [5.41, 5.74) is 0.269. The normalized spacial score (nSPS) is 26.7. The summed E-state index contributed by atoms with van der Waals surface area (Å²) in [4.78, 5) is 19.8. The molecule has 0 spiro atoms. The number of amides is 1. The van der Waals surface area contributed by atoms with Gasteiger partial charge in [-0.1, -0.05) is 22.9 Å². The Morgan fingerprint density at radius 2 is 1.89 bits per heavy atom. The topological polar surface area (TPSA) is 104 Å².